The van der Waals surface area contributed by atoms with E-state index >= 15 is 0 Å². The molecule has 184 valence electrons. The predicted octanol–water partition coefficient (Wildman–Crippen LogP) is 10.1. The monoisotopic (exact) mass is 462 g/mol. The van der Waals surface area contributed by atoms with Crippen molar-refractivity contribution in [2.45, 2.75) is 143 Å². The van der Waals surface area contributed by atoms with Crippen molar-refractivity contribution in [2.24, 2.45) is 0 Å². The molecule has 1 atom stereocenters. The van der Waals surface area contributed by atoms with Gasteiger partial charge >= 0.3 is 0 Å². The zero-order valence-electron chi connectivity index (χ0n) is 21.5. The molecular weight excluding hydrogens is 412 g/mol. The van der Waals surface area contributed by atoms with Crippen molar-refractivity contribution in [1.82, 2.24) is 0 Å². The zero-order valence-corrected chi connectivity index (χ0v) is 22.3. The summed E-state index contributed by atoms with van der Waals surface area (Å²) in [5, 5.41) is 10.6. The van der Waals surface area contributed by atoms with E-state index in [0.717, 1.165) is 29.5 Å². The first kappa shape index (κ1) is 28.9. The lowest BCUT2D eigenvalue weighted by Crippen LogP contribution is -2.08. The zero-order chi connectivity index (χ0) is 23.6. The van der Waals surface area contributed by atoms with Gasteiger partial charge in [-0.25, -0.2) is 0 Å². The highest BCUT2D eigenvalue weighted by Crippen LogP contribution is 2.31. The normalized spacial score (nSPS) is 12.1. The second kappa shape index (κ2) is 18.3. The van der Waals surface area contributed by atoms with Crippen LogP contribution in [0.4, 0.5) is 0 Å². The van der Waals surface area contributed by atoms with Gasteiger partial charge in [-0.15, -0.1) is 0 Å². The molecule has 1 aromatic carbocycles. The molecule has 0 amide bonds. The first-order valence-corrected chi connectivity index (χ1v) is 13.8. The molecule has 0 radical (unpaired) electrons. The number of aromatic hydroxyl groups is 1. The molecule has 1 aromatic rings. The Labute approximate surface area is 204 Å². The van der Waals surface area contributed by atoms with Crippen molar-refractivity contribution in [1.29, 1.82) is 0 Å². The molecule has 0 fully saturated rings. The summed E-state index contributed by atoms with van der Waals surface area (Å²) in [6.07, 6.45) is 23.1. The van der Waals surface area contributed by atoms with Crippen LogP contribution in [0, 0.1) is 13.8 Å². The van der Waals surface area contributed by atoms with E-state index in [1.807, 2.05) is 32.9 Å². The molecule has 0 saturated carbocycles. The third-order valence-corrected chi connectivity index (χ3v) is 6.61. The summed E-state index contributed by atoms with van der Waals surface area (Å²) in [7, 11) is 0. The largest absolute Gasteiger partial charge is 0.507 e. The lowest BCUT2D eigenvalue weighted by Gasteiger charge is -2.20. The average Bonchev–Trinajstić information content (AvgIpc) is 2.75. The summed E-state index contributed by atoms with van der Waals surface area (Å²) >= 11 is 5.21. The van der Waals surface area contributed by atoms with Crippen LogP contribution in [0.5, 0.6) is 5.75 Å². The minimum atomic E-state index is -0.00264. The number of phenolic OH excluding ortho intramolecular Hbond substituents is 1. The van der Waals surface area contributed by atoms with Crippen molar-refractivity contribution < 1.29 is 9.84 Å². The Balaban J connectivity index is 2.08. The van der Waals surface area contributed by atoms with Crippen molar-refractivity contribution >= 4 is 17.3 Å². The highest BCUT2D eigenvalue weighted by atomic mass is 32.1. The Morgan fingerprint density at radius 2 is 1.12 bits per heavy atom. The van der Waals surface area contributed by atoms with E-state index in [1.165, 1.54) is 96.3 Å². The van der Waals surface area contributed by atoms with Gasteiger partial charge in [-0.05, 0) is 67.7 Å². The number of phenols is 1. The van der Waals surface area contributed by atoms with E-state index < -0.39 is 0 Å². The average molecular weight is 463 g/mol. The van der Waals surface area contributed by atoms with Gasteiger partial charge in [0, 0.05) is 6.92 Å². The molecular formula is C29H50O2S. The van der Waals surface area contributed by atoms with Crippen molar-refractivity contribution in [3.63, 3.8) is 0 Å². The van der Waals surface area contributed by atoms with Crippen molar-refractivity contribution in [3.8, 4) is 5.75 Å². The Bertz CT molecular complexity index is 603. The SMILES string of the molecule is CCCCCCCCCCCCCCCCCCC(OC(C)=S)c1cc(C)c(O)c(C)c1. The Morgan fingerprint density at radius 3 is 1.50 bits per heavy atom. The molecule has 0 aliphatic carbocycles. The Hall–Kier alpha value is -1.09. The number of aryl methyl sites for hydroxylation is 2. The minimum absolute atomic E-state index is 0.00264. The van der Waals surface area contributed by atoms with Crippen molar-refractivity contribution in [2.75, 3.05) is 0 Å². The Kier molecular flexibility index (Phi) is 16.6. The molecule has 0 saturated heterocycles. The number of ether oxygens (including phenoxy) is 1. The smallest absolute Gasteiger partial charge is 0.157 e. The summed E-state index contributed by atoms with van der Waals surface area (Å²) in [5.41, 5.74) is 2.94. The van der Waals surface area contributed by atoms with Crippen LogP contribution in [0.2, 0.25) is 0 Å². The van der Waals surface area contributed by atoms with Crippen molar-refractivity contribution in [3.05, 3.63) is 28.8 Å². The summed E-state index contributed by atoms with van der Waals surface area (Å²) in [4.78, 5) is 0. The highest BCUT2D eigenvalue weighted by Gasteiger charge is 2.16. The number of unbranched alkanes of at least 4 members (excludes halogenated alkanes) is 15. The van der Waals surface area contributed by atoms with Crippen LogP contribution in [0.1, 0.15) is 146 Å². The van der Waals surface area contributed by atoms with Crippen LogP contribution >= 0.6 is 12.2 Å². The first-order valence-electron chi connectivity index (χ1n) is 13.4. The molecule has 0 heterocycles. The predicted molar refractivity (Wildman–Crippen MR) is 144 cm³/mol. The molecule has 1 N–H and O–H groups in total. The highest BCUT2D eigenvalue weighted by molar-refractivity contribution is 7.80. The molecule has 3 heteroatoms. The maximum Gasteiger partial charge on any atom is 0.157 e. The summed E-state index contributed by atoms with van der Waals surface area (Å²) in [5.74, 6) is 0.383. The van der Waals surface area contributed by atoms with E-state index in [2.05, 4.69) is 6.92 Å². The van der Waals surface area contributed by atoms with Gasteiger partial charge in [0.1, 0.15) is 11.9 Å². The maximum atomic E-state index is 10.1. The molecule has 0 aliphatic rings. The van der Waals surface area contributed by atoms with Crippen LogP contribution < -0.4 is 0 Å². The molecule has 0 spiro atoms. The number of thiocarbonyl (C=S) groups is 1. The molecule has 2 nitrogen and oxygen atoms in total. The molecule has 32 heavy (non-hydrogen) atoms. The number of rotatable bonds is 19. The first-order chi connectivity index (χ1) is 15.5. The lowest BCUT2D eigenvalue weighted by atomic mass is 9.97. The quantitative estimate of drug-likeness (QED) is 0.164. The fourth-order valence-electron chi connectivity index (χ4n) is 4.55. The van der Waals surface area contributed by atoms with E-state index in [-0.39, 0.29) is 6.10 Å². The number of hydrogen-bond donors (Lipinski definition) is 1. The van der Waals surface area contributed by atoms with Gasteiger partial charge in [0.05, 0.1) is 0 Å². The minimum Gasteiger partial charge on any atom is -0.507 e. The van der Waals surface area contributed by atoms with E-state index in [9.17, 15) is 5.11 Å². The van der Waals surface area contributed by atoms with Gasteiger partial charge in [0.2, 0.25) is 0 Å². The fraction of sp³-hybridized carbons (Fsp3) is 0.759. The van der Waals surface area contributed by atoms with Gasteiger partial charge in [-0.2, -0.15) is 0 Å². The number of hydrogen-bond acceptors (Lipinski definition) is 3. The molecule has 1 rings (SSSR count). The second-order valence-electron chi connectivity index (χ2n) is 9.69. The third-order valence-electron chi connectivity index (χ3n) is 6.51. The fourth-order valence-corrected chi connectivity index (χ4v) is 4.66. The lowest BCUT2D eigenvalue weighted by molar-refractivity contribution is 0.181. The van der Waals surface area contributed by atoms with Crippen LogP contribution in [0.15, 0.2) is 12.1 Å². The van der Waals surface area contributed by atoms with Crippen LogP contribution in [0.25, 0.3) is 0 Å². The topological polar surface area (TPSA) is 29.5 Å². The van der Waals surface area contributed by atoms with Crippen LogP contribution in [0.3, 0.4) is 0 Å². The number of benzene rings is 1. The Morgan fingerprint density at radius 1 is 0.750 bits per heavy atom. The van der Waals surface area contributed by atoms with E-state index in [4.69, 9.17) is 17.0 Å². The van der Waals surface area contributed by atoms with E-state index in [1.54, 1.807) is 0 Å². The maximum absolute atomic E-state index is 10.1. The van der Waals surface area contributed by atoms with Crippen LogP contribution in [-0.4, -0.2) is 10.2 Å². The van der Waals surface area contributed by atoms with Crippen LogP contribution in [-0.2, 0) is 4.74 Å². The standard InChI is InChI=1S/C29H50O2S/c1-5-6-7-8-9-10-11-12-13-14-15-16-17-18-19-20-21-28(31-26(4)32)27-22-24(2)29(30)25(3)23-27/h22-23,28,30H,5-21H2,1-4H3. The summed E-state index contributed by atoms with van der Waals surface area (Å²) in [6.45, 7) is 8.02. The van der Waals surface area contributed by atoms with Gasteiger partial charge < -0.3 is 9.84 Å². The third kappa shape index (κ3) is 13.5. The summed E-state index contributed by atoms with van der Waals surface area (Å²) < 4.78 is 5.96. The summed E-state index contributed by atoms with van der Waals surface area (Å²) in [6, 6.07) is 4.08. The second-order valence-corrected chi connectivity index (χ2v) is 10.3. The molecule has 0 bridgehead atoms. The van der Waals surface area contributed by atoms with Gasteiger partial charge in [0.25, 0.3) is 0 Å². The van der Waals surface area contributed by atoms with Gasteiger partial charge in [0.15, 0.2) is 5.05 Å². The molecule has 0 aliphatic heterocycles. The van der Waals surface area contributed by atoms with Gasteiger partial charge in [-0.1, -0.05) is 103 Å². The molecule has 0 aromatic heterocycles. The molecule has 1 unspecified atom stereocenters. The van der Waals surface area contributed by atoms with E-state index in [0.29, 0.717) is 10.8 Å². The van der Waals surface area contributed by atoms with Gasteiger partial charge in [-0.3, -0.25) is 0 Å².